The van der Waals surface area contributed by atoms with Gasteiger partial charge in [-0.05, 0) is 46.7 Å². The van der Waals surface area contributed by atoms with E-state index in [0.717, 1.165) is 10.9 Å². The summed E-state index contributed by atoms with van der Waals surface area (Å²) < 4.78 is 1.13. The largest absolute Gasteiger partial charge is 0.0725 e. The molecular weight excluding hydrogens is 356 g/mol. The molecule has 0 bridgehead atoms. The minimum absolute atomic E-state index is 0.427. The molecule has 0 nitrogen and oxygen atoms in total. The highest BCUT2D eigenvalue weighted by Crippen LogP contribution is 2.47. The quantitative estimate of drug-likeness (QED) is 0.472. The molecule has 0 amide bonds. The third-order valence-electron chi connectivity index (χ3n) is 4.88. The monoisotopic (exact) mass is 374 g/mol. The molecule has 0 fully saturated rings. The van der Waals surface area contributed by atoms with Crippen molar-refractivity contribution in [3.05, 3.63) is 112 Å². The van der Waals surface area contributed by atoms with Crippen LogP contribution in [0.15, 0.2) is 95.5 Å². The first-order valence-electron chi connectivity index (χ1n) is 8.38. The summed E-state index contributed by atoms with van der Waals surface area (Å²) in [5.41, 5.74) is 5.61. The van der Waals surface area contributed by atoms with E-state index in [1.807, 2.05) is 0 Å². The maximum Gasteiger partial charge on any atom is 0.0175 e. The molecule has 2 atom stereocenters. The van der Waals surface area contributed by atoms with Crippen LogP contribution in [0.2, 0.25) is 0 Å². The van der Waals surface area contributed by atoms with Gasteiger partial charge in [0.05, 0.1) is 0 Å². The Balaban J connectivity index is 1.75. The predicted octanol–water partition coefficient (Wildman–Crippen LogP) is 6.80. The third kappa shape index (κ3) is 3.09. The Bertz CT molecular complexity index is 832. The molecule has 0 aromatic heterocycles. The van der Waals surface area contributed by atoms with Gasteiger partial charge in [-0.25, -0.2) is 0 Å². The maximum atomic E-state index is 3.55. The Morgan fingerprint density at radius 1 is 0.667 bits per heavy atom. The van der Waals surface area contributed by atoms with Crippen LogP contribution in [0.3, 0.4) is 0 Å². The number of rotatable bonds is 3. The van der Waals surface area contributed by atoms with Crippen molar-refractivity contribution >= 4 is 21.5 Å². The van der Waals surface area contributed by atoms with E-state index in [0.29, 0.717) is 11.8 Å². The second-order valence-electron chi connectivity index (χ2n) is 6.36. The SMILES string of the molecule is Brc1ccc([C@@H]2C=C(c3ccccc3)C[C@H]2c2ccccc2)cc1. The zero-order chi connectivity index (χ0) is 16.4. The van der Waals surface area contributed by atoms with E-state index in [1.165, 1.54) is 22.3 Å². The van der Waals surface area contributed by atoms with Crippen molar-refractivity contribution < 1.29 is 0 Å². The van der Waals surface area contributed by atoms with E-state index in [2.05, 4.69) is 107 Å². The molecule has 0 radical (unpaired) electrons. The van der Waals surface area contributed by atoms with Crippen LogP contribution in [0.25, 0.3) is 5.57 Å². The highest BCUT2D eigenvalue weighted by atomic mass is 79.9. The molecule has 4 rings (SSSR count). The molecule has 0 heterocycles. The third-order valence-corrected chi connectivity index (χ3v) is 5.41. The van der Waals surface area contributed by atoms with E-state index in [1.54, 1.807) is 0 Å². The van der Waals surface area contributed by atoms with Crippen LogP contribution in [0.5, 0.6) is 0 Å². The van der Waals surface area contributed by atoms with Crippen molar-refractivity contribution in [2.24, 2.45) is 0 Å². The van der Waals surface area contributed by atoms with Gasteiger partial charge in [0.2, 0.25) is 0 Å². The standard InChI is InChI=1S/C23H19Br/c24-21-13-11-19(12-14-21)23-16-20(17-7-3-1-4-8-17)15-22(23)18-9-5-2-6-10-18/h1-14,16,22-23H,15H2/t22-,23-/m0/s1. The van der Waals surface area contributed by atoms with Crippen LogP contribution in [0.4, 0.5) is 0 Å². The van der Waals surface area contributed by atoms with E-state index in [-0.39, 0.29) is 0 Å². The number of hydrogen-bond donors (Lipinski definition) is 0. The van der Waals surface area contributed by atoms with Crippen molar-refractivity contribution in [2.45, 2.75) is 18.3 Å². The summed E-state index contributed by atoms with van der Waals surface area (Å²) in [5.74, 6) is 0.929. The summed E-state index contributed by atoms with van der Waals surface area (Å²) in [5, 5.41) is 0. The molecule has 0 spiro atoms. The molecule has 0 aliphatic heterocycles. The highest BCUT2D eigenvalue weighted by molar-refractivity contribution is 9.10. The fraction of sp³-hybridized carbons (Fsp3) is 0.130. The van der Waals surface area contributed by atoms with Gasteiger partial charge in [0.15, 0.2) is 0 Å². The van der Waals surface area contributed by atoms with Gasteiger partial charge in [-0.15, -0.1) is 0 Å². The second kappa shape index (κ2) is 6.78. The van der Waals surface area contributed by atoms with Gasteiger partial charge in [-0.2, -0.15) is 0 Å². The van der Waals surface area contributed by atoms with Gasteiger partial charge < -0.3 is 0 Å². The molecule has 118 valence electrons. The van der Waals surface area contributed by atoms with E-state index < -0.39 is 0 Å². The fourth-order valence-electron chi connectivity index (χ4n) is 3.67. The smallest absolute Gasteiger partial charge is 0.0175 e. The first-order valence-corrected chi connectivity index (χ1v) is 9.17. The van der Waals surface area contributed by atoms with Crippen LogP contribution >= 0.6 is 15.9 Å². The fourth-order valence-corrected chi connectivity index (χ4v) is 3.93. The summed E-state index contributed by atoms with van der Waals surface area (Å²) >= 11 is 3.55. The first kappa shape index (κ1) is 15.4. The summed E-state index contributed by atoms with van der Waals surface area (Å²) in [6.07, 6.45) is 3.56. The average Bonchev–Trinajstić information content (AvgIpc) is 3.09. The van der Waals surface area contributed by atoms with Crippen LogP contribution in [0.1, 0.15) is 34.9 Å². The maximum absolute atomic E-state index is 3.55. The minimum atomic E-state index is 0.427. The van der Waals surface area contributed by atoms with Crippen molar-refractivity contribution in [3.8, 4) is 0 Å². The van der Waals surface area contributed by atoms with Crippen LogP contribution in [-0.4, -0.2) is 0 Å². The second-order valence-corrected chi connectivity index (χ2v) is 7.27. The van der Waals surface area contributed by atoms with E-state index in [9.17, 15) is 0 Å². The summed E-state index contributed by atoms with van der Waals surface area (Å²) in [4.78, 5) is 0. The van der Waals surface area contributed by atoms with Gasteiger partial charge in [0, 0.05) is 10.4 Å². The number of allylic oxidation sites excluding steroid dienone is 2. The van der Waals surface area contributed by atoms with E-state index in [4.69, 9.17) is 0 Å². The Kier molecular flexibility index (Phi) is 4.36. The van der Waals surface area contributed by atoms with Gasteiger partial charge >= 0.3 is 0 Å². The average molecular weight is 375 g/mol. The van der Waals surface area contributed by atoms with Gasteiger partial charge in [0.25, 0.3) is 0 Å². The summed E-state index contributed by atoms with van der Waals surface area (Å²) in [7, 11) is 0. The van der Waals surface area contributed by atoms with Crippen molar-refractivity contribution in [1.82, 2.24) is 0 Å². The lowest BCUT2D eigenvalue weighted by molar-refractivity contribution is 0.668. The van der Waals surface area contributed by atoms with Crippen LogP contribution < -0.4 is 0 Å². The number of halogens is 1. The lowest BCUT2D eigenvalue weighted by Gasteiger charge is -2.20. The molecule has 1 heteroatoms. The van der Waals surface area contributed by atoms with Crippen molar-refractivity contribution in [1.29, 1.82) is 0 Å². The normalized spacial score (nSPS) is 20.0. The molecule has 0 N–H and O–H groups in total. The Morgan fingerprint density at radius 3 is 1.96 bits per heavy atom. The van der Waals surface area contributed by atoms with Crippen LogP contribution in [0, 0.1) is 0 Å². The molecule has 24 heavy (non-hydrogen) atoms. The van der Waals surface area contributed by atoms with E-state index >= 15 is 0 Å². The highest BCUT2D eigenvalue weighted by Gasteiger charge is 2.30. The molecule has 1 aliphatic carbocycles. The number of benzene rings is 3. The Morgan fingerprint density at radius 2 is 1.29 bits per heavy atom. The zero-order valence-electron chi connectivity index (χ0n) is 13.4. The van der Waals surface area contributed by atoms with Gasteiger partial charge in [-0.3, -0.25) is 0 Å². The topological polar surface area (TPSA) is 0 Å². The molecule has 3 aromatic carbocycles. The van der Waals surface area contributed by atoms with Gasteiger partial charge in [0.1, 0.15) is 0 Å². The summed E-state index contributed by atoms with van der Waals surface area (Å²) in [6, 6.07) is 30.5. The number of hydrogen-bond acceptors (Lipinski definition) is 0. The van der Waals surface area contributed by atoms with Crippen molar-refractivity contribution in [3.63, 3.8) is 0 Å². The molecule has 0 saturated heterocycles. The molecule has 1 aliphatic rings. The van der Waals surface area contributed by atoms with Crippen molar-refractivity contribution in [2.75, 3.05) is 0 Å². The molecule has 0 saturated carbocycles. The molecule has 3 aromatic rings. The first-order chi connectivity index (χ1) is 11.8. The predicted molar refractivity (Wildman–Crippen MR) is 105 cm³/mol. The Hall–Kier alpha value is -2.12. The molecular formula is C23H19Br. The molecule has 0 unspecified atom stereocenters. The van der Waals surface area contributed by atoms with Crippen LogP contribution in [-0.2, 0) is 0 Å². The lowest BCUT2D eigenvalue weighted by atomic mass is 9.83. The van der Waals surface area contributed by atoms with Gasteiger partial charge in [-0.1, -0.05) is 94.8 Å². The summed E-state index contributed by atoms with van der Waals surface area (Å²) in [6.45, 7) is 0. The Labute approximate surface area is 152 Å². The lowest BCUT2D eigenvalue weighted by Crippen LogP contribution is -2.05. The minimum Gasteiger partial charge on any atom is -0.0725 e. The zero-order valence-corrected chi connectivity index (χ0v) is 15.0.